The summed E-state index contributed by atoms with van der Waals surface area (Å²) in [4.78, 5) is 4.13. The molecule has 0 radical (unpaired) electrons. The van der Waals surface area contributed by atoms with E-state index in [0.29, 0.717) is 5.82 Å². The van der Waals surface area contributed by atoms with E-state index in [4.69, 9.17) is 5.73 Å². The monoisotopic (exact) mass is 201 g/mol. The van der Waals surface area contributed by atoms with E-state index in [9.17, 15) is 0 Å². The van der Waals surface area contributed by atoms with E-state index in [1.165, 1.54) is 0 Å². The highest BCUT2D eigenvalue weighted by Gasteiger charge is 1.91. The van der Waals surface area contributed by atoms with E-state index in [-0.39, 0.29) is 5.11 Å². The van der Waals surface area contributed by atoms with Crippen molar-refractivity contribution in [2.45, 2.75) is 34.6 Å². The van der Waals surface area contributed by atoms with Gasteiger partial charge in [-0.15, -0.1) is 0 Å². The molecule has 0 aromatic rings. The molecule has 0 aromatic heterocycles. The Kier molecular flexibility index (Phi) is 10.3. The normalized spacial score (nSPS) is 9.46. The third kappa shape index (κ3) is 11.1. The molecule has 0 aliphatic heterocycles. The Bertz CT molecular complexity index is 203. The Morgan fingerprint density at radius 1 is 1.38 bits per heavy atom. The lowest BCUT2D eigenvalue weighted by Crippen LogP contribution is -2.27. The lowest BCUT2D eigenvalue weighted by molar-refractivity contribution is 1.07. The van der Waals surface area contributed by atoms with Crippen molar-refractivity contribution in [3.63, 3.8) is 0 Å². The van der Waals surface area contributed by atoms with Gasteiger partial charge in [-0.25, -0.2) is 4.99 Å². The van der Waals surface area contributed by atoms with Crippen molar-refractivity contribution in [3.05, 3.63) is 11.9 Å². The van der Waals surface area contributed by atoms with Gasteiger partial charge in [0.05, 0.1) is 0 Å². The Labute approximate surface area is 86.1 Å². The fourth-order valence-corrected chi connectivity index (χ4v) is 0.636. The molecule has 0 aliphatic rings. The number of aliphatic imine (C=N–C) groups is 1. The summed E-state index contributed by atoms with van der Waals surface area (Å²) in [6.07, 6.45) is 1.81. The van der Waals surface area contributed by atoms with E-state index in [1.807, 2.05) is 40.7 Å². The summed E-state index contributed by atoms with van der Waals surface area (Å²) in [5.41, 5.74) is 6.21. The van der Waals surface area contributed by atoms with Crippen molar-refractivity contribution in [1.29, 1.82) is 0 Å². The molecule has 0 bridgehead atoms. The molecule has 0 saturated carbocycles. The van der Waals surface area contributed by atoms with Crippen LogP contribution in [0.25, 0.3) is 0 Å². The van der Waals surface area contributed by atoms with Gasteiger partial charge in [0.1, 0.15) is 5.82 Å². The molecule has 0 aliphatic carbocycles. The second kappa shape index (κ2) is 9.19. The summed E-state index contributed by atoms with van der Waals surface area (Å²) < 4.78 is 0. The summed E-state index contributed by atoms with van der Waals surface area (Å²) in [6.45, 7) is 9.68. The quantitative estimate of drug-likeness (QED) is 0.532. The minimum Gasteiger partial charge on any atom is -0.376 e. The van der Waals surface area contributed by atoms with E-state index >= 15 is 0 Å². The number of allylic oxidation sites excluding steroid dienone is 1. The molecule has 76 valence electrons. The first kappa shape index (κ1) is 14.6. The maximum Gasteiger partial charge on any atom is 0.169 e. The number of hydrogen-bond acceptors (Lipinski definition) is 2. The molecule has 0 rings (SSSR count). The molecule has 4 heteroatoms. The maximum absolute atomic E-state index is 5.25. The first-order chi connectivity index (χ1) is 6.06. The average molecular weight is 201 g/mol. The smallest absolute Gasteiger partial charge is 0.169 e. The molecule has 13 heavy (non-hydrogen) atoms. The number of hydrogen-bond donors (Lipinski definition) is 2. The third-order valence-corrected chi connectivity index (χ3v) is 0.971. The molecular formula is C9H19N3S. The van der Waals surface area contributed by atoms with Gasteiger partial charge in [0, 0.05) is 5.71 Å². The van der Waals surface area contributed by atoms with Gasteiger partial charge in [-0.1, -0.05) is 13.8 Å². The predicted molar refractivity (Wildman–Crippen MR) is 63.8 cm³/mol. The summed E-state index contributed by atoms with van der Waals surface area (Å²) in [6, 6.07) is 0. The van der Waals surface area contributed by atoms with Crippen LogP contribution in [0, 0.1) is 0 Å². The van der Waals surface area contributed by atoms with Gasteiger partial charge in [-0.3, -0.25) is 0 Å². The number of nitrogens with two attached hydrogens (primary N) is 1. The zero-order valence-electron chi connectivity index (χ0n) is 9.01. The van der Waals surface area contributed by atoms with Gasteiger partial charge < -0.3 is 11.1 Å². The zero-order chi connectivity index (χ0) is 10.9. The lowest BCUT2D eigenvalue weighted by atomic mass is 10.5. The highest BCUT2D eigenvalue weighted by molar-refractivity contribution is 7.80. The van der Waals surface area contributed by atoms with Crippen LogP contribution in [0.5, 0.6) is 0 Å². The Balaban J connectivity index is 0. The van der Waals surface area contributed by atoms with E-state index in [2.05, 4.69) is 22.5 Å². The van der Waals surface area contributed by atoms with Crippen LogP contribution in [0.15, 0.2) is 16.9 Å². The van der Waals surface area contributed by atoms with Crippen LogP contribution < -0.4 is 11.1 Å². The van der Waals surface area contributed by atoms with Crippen LogP contribution >= 0.6 is 12.2 Å². The lowest BCUT2D eigenvalue weighted by Gasteiger charge is -2.02. The summed E-state index contributed by atoms with van der Waals surface area (Å²) in [5, 5.41) is 2.98. The third-order valence-electron chi connectivity index (χ3n) is 0.869. The Morgan fingerprint density at radius 3 is 2.08 bits per heavy atom. The van der Waals surface area contributed by atoms with Crippen molar-refractivity contribution < 1.29 is 0 Å². The average Bonchev–Trinajstić information content (AvgIpc) is 2.05. The van der Waals surface area contributed by atoms with Crippen LogP contribution in [0.3, 0.4) is 0 Å². The molecule has 0 atom stereocenters. The van der Waals surface area contributed by atoms with Crippen LogP contribution in [0.4, 0.5) is 0 Å². The summed E-state index contributed by atoms with van der Waals surface area (Å²) in [7, 11) is 0. The standard InChI is InChI=1S/C7H13N3S.C2H6/c1-4-6(9-5(2)3)10-7(8)11;1-2/h4H,1-3H3,(H3,8,10,11);1-2H3/b6-4+;. The van der Waals surface area contributed by atoms with Crippen molar-refractivity contribution in [2.24, 2.45) is 10.7 Å². The van der Waals surface area contributed by atoms with Gasteiger partial charge in [0.2, 0.25) is 0 Å². The molecule has 0 aromatic carbocycles. The first-order valence-electron chi connectivity index (χ1n) is 4.31. The fourth-order valence-electron chi connectivity index (χ4n) is 0.532. The van der Waals surface area contributed by atoms with Crippen molar-refractivity contribution >= 4 is 23.0 Å². The van der Waals surface area contributed by atoms with Gasteiger partial charge in [-0.05, 0) is 39.1 Å². The molecule has 3 nitrogen and oxygen atoms in total. The van der Waals surface area contributed by atoms with Crippen LogP contribution in [-0.4, -0.2) is 10.8 Å². The van der Waals surface area contributed by atoms with Gasteiger partial charge in [0.25, 0.3) is 0 Å². The van der Waals surface area contributed by atoms with E-state index in [1.54, 1.807) is 0 Å². The first-order valence-corrected chi connectivity index (χ1v) is 4.71. The Hall–Kier alpha value is -0.900. The molecule has 0 spiro atoms. The van der Waals surface area contributed by atoms with Crippen molar-refractivity contribution in [3.8, 4) is 0 Å². The minimum absolute atomic E-state index is 0.239. The van der Waals surface area contributed by atoms with Crippen LogP contribution in [0.1, 0.15) is 34.6 Å². The molecule has 0 saturated heterocycles. The number of thiocarbonyl (C=S) groups is 1. The fraction of sp³-hybridized carbons (Fsp3) is 0.556. The van der Waals surface area contributed by atoms with Crippen LogP contribution in [0.2, 0.25) is 0 Å². The maximum atomic E-state index is 5.25. The van der Waals surface area contributed by atoms with E-state index < -0.39 is 0 Å². The minimum atomic E-state index is 0.239. The molecule has 0 amide bonds. The SMILES string of the molecule is C/C=C(\N=C(C)C)NC(N)=S.CC. The van der Waals surface area contributed by atoms with Crippen molar-refractivity contribution in [1.82, 2.24) is 5.32 Å². The van der Waals surface area contributed by atoms with Gasteiger partial charge in [-0.2, -0.15) is 0 Å². The summed E-state index contributed by atoms with van der Waals surface area (Å²) in [5.74, 6) is 0.692. The highest BCUT2D eigenvalue weighted by atomic mass is 32.1. The number of rotatable bonds is 2. The molecular weight excluding hydrogens is 182 g/mol. The highest BCUT2D eigenvalue weighted by Crippen LogP contribution is 1.91. The molecule has 0 heterocycles. The largest absolute Gasteiger partial charge is 0.376 e. The second-order valence-electron chi connectivity index (χ2n) is 2.22. The number of nitrogens with zero attached hydrogens (tertiary/aromatic N) is 1. The topological polar surface area (TPSA) is 50.4 Å². The Morgan fingerprint density at radius 2 is 1.85 bits per heavy atom. The van der Waals surface area contributed by atoms with Crippen LogP contribution in [-0.2, 0) is 0 Å². The van der Waals surface area contributed by atoms with Crippen molar-refractivity contribution in [2.75, 3.05) is 0 Å². The number of nitrogens with one attached hydrogen (secondary N) is 1. The molecule has 0 unspecified atom stereocenters. The van der Waals surface area contributed by atoms with E-state index in [0.717, 1.165) is 5.71 Å². The van der Waals surface area contributed by atoms with Gasteiger partial charge in [0.15, 0.2) is 5.11 Å². The summed E-state index contributed by atoms with van der Waals surface area (Å²) >= 11 is 4.65. The zero-order valence-corrected chi connectivity index (χ0v) is 9.83. The van der Waals surface area contributed by atoms with Gasteiger partial charge >= 0.3 is 0 Å². The molecule has 3 N–H and O–H groups in total. The predicted octanol–water partition coefficient (Wildman–Crippen LogP) is 2.19. The molecule has 0 fully saturated rings. The second-order valence-corrected chi connectivity index (χ2v) is 2.66.